The van der Waals surface area contributed by atoms with Crippen molar-refractivity contribution in [3.8, 4) is 0 Å². The predicted molar refractivity (Wildman–Crippen MR) is 111 cm³/mol. The number of likely N-dealkylation sites (tertiary alicyclic amines) is 1. The van der Waals surface area contributed by atoms with Crippen LogP contribution in [0.1, 0.15) is 42.5 Å². The summed E-state index contributed by atoms with van der Waals surface area (Å²) in [6.07, 6.45) is 6.65. The molecule has 4 rings (SSSR count). The molecule has 1 saturated heterocycles. The maximum absolute atomic E-state index is 12.3. The van der Waals surface area contributed by atoms with Crippen LogP contribution in [-0.2, 0) is 26.4 Å². The monoisotopic (exact) mass is 381 g/mol. The van der Waals surface area contributed by atoms with Crippen LogP contribution < -0.4 is 10.6 Å². The Labute approximate surface area is 167 Å². The van der Waals surface area contributed by atoms with Gasteiger partial charge in [-0.25, -0.2) is 4.79 Å². The number of anilines is 1. The number of nitrogens with one attached hydrogen (secondary N) is 2. The zero-order valence-electron chi connectivity index (χ0n) is 16.8. The van der Waals surface area contributed by atoms with Crippen LogP contribution in [0, 0.1) is 5.92 Å². The van der Waals surface area contributed by atoms with E-state index in [-0.39, 0.29) is 6.03 Å². The average molecular weight is 382 g/mol. The fourth-order valence-corrected chi connectivity index (χ4v) is 4.49. The summed E-state index contributed by atoms with van der Waals surface area (Å²) < 4.78 is 1.80. The van der Waals surface area contributed by atoms with E-state index in [1.54, 1.807) is 4.68 Å². The summed E-state index contributed by atoms with van der Waals surface area (Å²) in [6.45, 7) is 4.07. The largest absolute Gasteiger partial charge is 0.338 e. The van der Waals surface area contributed by atoms with E-state index in [2.05, 4.69) is 51.0 Å². The van der Waals surface area contributed by atoms with Crippen LogP contribution in [0.2, 0.25) is 0 Å². The number of urea groups is 1. The molecule has 6 heteroatoms. The first kappa shape index (κ1) is 19.0. The highest BCUT2D eigenvalue weighted by Crippen LogP contribution is 2.28. The summed E-state index contributed by atoms with van der Waals surface area (Å²) >= 11 is 0. The Morgan fingerprint density at radius 3 is 2.75 bits per heavy atom. The molecule has 6 nitrogen and oxygen atoms in total. The van der Waals surface area contributed by atoms with Gasteiger partial charge in [0, 0.05) is 25.7 Å². The molecule has 0 saturated carbocycles. The zero-order valence-corrected chi connectivity index (χ0v) is 16.8. The number of fused-ring (bicyclic) bond motifs is 1. The first-order valence-electron chi connectivity index (χ1n) is 10.5. The standard InChI is InChI=1S/C22H31N5O/c1-26-21(19-8-5-9-20(19)25-26)24-22(28)23-13-10-17-11-14-27(15-12-17)16-18-6-3-2-4-7-18/h2-4,6-7,17H,5,8-16H2,1H3,(H2,23,24,28). The molecule has 0 atom stereocenters. The minimum atomic E-state index is -0.112. The zero-order chi connectivity index (χ0) is 19.3. The first-order chi connectivity index (χ1) is 13.7. The molecule has 2 aromatic rings. The number of carbonyl (C=O) groups excluding carboxylic acids is 1. The van der Waals surface area contributed by atoms with Crippen molar-refractivity contribution in [2.24, 2.45) is 13.0 Å². The third kappa shape index (κ3) is 4.55. The van der Waals surface area contributed by atoms with Crippen molar-refractivity contribution >= 4 is 11.8 Å². The highest BCUT2D eigenvalue weighted by Gasteiger charge is 2.22. The molecule has 1 aromatic carbocycles. The van der Waals surface area contributed by atoms with Crippen molar-refractivity contribution in [3.05, 3.63) is 47.2 Å². The third-order valence-electron chi connectivity index (χ3n) is 6.10. The average Bonchev–Trinajstić information content (AvgIpc) is 3.26. The van der Waals surface area contributed by atoms with Crippen LogP contribution in [0.3, 0.4) is 0 Å². The number of hydrogen-bond acceptors (Lipinski definition) is 3. The Balaban J connectivity index is 1.16. The topological polar surface area (TPSA) is 62.2 Å². The van der Waals surface area contributed by atoms with Gasteiger partial charge in [0.25, 0.3) is 0 Å². The number of aromatic nitrogens is 2. The van der Waals surface area contributed by atoms with Gasteiger partial charge in [-0.05, 0) is 63.1 Å². The van der Waals surface area contributed by atoms with Gasteiger partial charge < -0.3 is 5.32 Å². The Kier molecular flexibility index (Phi) is 5.95. The molecule has 2 amide bonds. The lowest BCUT2D eigenvalue weighted by Crippen LogP contribution is -2.36. The fourth-order valence-electron chi connectivity index (χ4n) is 4.49. The van der Waals surface area contributed by atoms with Crippen molar-refractivity contribution in [2.45, 2.75) is 45.1 Å². The fraction of sp³-hybridized carbons (Fsp3) is 0.545. The number of hydrogen-bond donors (Lipinski definition) is 2. The highest BCUT2D eigenvalue weighted by molar-refractivity contribution is 5.89. The van der Waals surface area contributed by atoms with Crippen molar-refractivity contribution in [1.82, 2.24) is 20.0 Å². The lowest BCUT2D eigenvalue weighted by Gasteiger charge is -2.32. The molecule has 2 aliphatic rings. The molecule has 0 bridgehead atoms. The van der Waals surface area contributed by atoms with E-state index in [0.29, 0.717) is 5.92 Å². The molecule has 150 valence electrons. The quantitative estimate of drug-likeness (QED) is 0.807. The summed E-state index contributed by atoms with van der Waals surface area (Å²) in [6, 6.07) is 10.6. The molecule has 0 spiro atoms. The second kappa shape index (κ2) is 8.78. The van der Waals surface area contributed by atoms with Crippen molar-refractivity contribution in [1.29, 1.82) is 0 Å². The molecule has 1 aliphatic heterocycles. The van der Waals surface area contributed by atoms with E-state index in [4.69, 9.17) is 0 Å². The summed E-state index contributed by atoms with van der Waals surface area (Å²) in [4.78, 5) is 14.8. The van der Waals surface area contributed by atoms with Crippen LogP contribution in [-0.4, -0.2) is 40.3 Å². The smallest absolute Gasteiger partial charge is 0.320 e. The molecule has 0 unspecified atom stereocenters. The van der Waals surface area contributed by atoms with Gasteiger partial charge in [0.05, 0.1) is 5.69 Å². The van der Waals surface area contributed by atoms with Crippen molar-refractivity contribution < 1.29 is 4.79 Å². The van der Waals surface area contributed by atoms with Crippen molar-refractivity contribution in [2.75, 3.05) is 25.0 Å². The lowest BCUT2D eigenvalue weighted by atomic mass is 9.93. The van der Waals surface area contributed by atoms with E-state index in [1.165, 1.54) is 24.0 Å². The molecule has 2 heterocycles. The highest BCUT2D eigenvalue weighted by atomic mass is 16.2. The first-order valence-corrected chi connectivity index (χ1v) is 10.5. The minimum Gasteiger partial charge on any atom is -0.338 e. The number of rotatable bonds is 6. The molecule has 1 aromatic heterocycles. The van der Waals surface area contributed by atoms with E-state index in [0.717, 1.165) is 63.4 Å². The number of aryl methyl sites for hydroxylation is 2. The van der Waals surface area contributed by atoms with E-state index < -0.39 is 0 Å². The van der Waals surface area contributed by atoms with Gasteiger partial charge in [0.1, 0.15) is 5.82 Å². The molecular formula is C22H31N5O. The van der Waals surface area contributed by atoms with Gasteiger partial charge in [-0.1, -0.05) is 30.3 Å². The van der Waals surface area contributed by atoms with Crippen LogP contribution >= 0.6 is 0 Å². The maximum atomic E-state index is 12.3. The second-order valence-electron chi connectivity index (χ2n) is 8.13. The number of carbonyl (C=O) groups is 1. The Morgan fingerprint density at radius 1 is 1.18 bits per heavy atom. The van der Waals surface area contributed by atoms with Crippen molar-refractivity contribution in [3.63, 3.8) is 0 Å². The number of piperidine rings is 1. The van der Waals surface area contributed by atoms with Crippen LogP contribution in [0.4, 0.5) is 10.6 Å². The molecule has 0 radical (unpaired) electrons. The van der Waals surface area contributed by atoms with Gasteiger partial charge in [-0.3, -0.25) is 14.9 Å². The molecular weight excluding hydrogens is 350 g/mol. The number of nitrogens with zero attached hydrogens (tertiary/aromatic N) is 3. The van der Waals surface area contributed by atoms with Crippen LogP contribution in [0.25, 0.3) is 0 Å². The normalized spacial score (nSPS) is 17.5. The second-order valence-corrected chi connectivity index (χ2v) is 8.13. The van der Waals surface area contributed by atoms with Crippen LogP contribution in [0.5, 0.6) is 0 Å². The Bertz CT molecular complexity index is 793. The van der Waals surface area contributed by atoms with E-state index in [9.17, 15) is 4.79 Å². The molecule has 1 fully saturated rings. The molecule has 2 N–H and O–H groups in total. The number of benzene rings is 1. The van der Waals surface area contributed by atoms with Gasteiger partial charge in [-0.2, -0.15) is 5.10 Å². The third-order valence-corrected chi connectivity index (χ3v) is 6.10. The molecule has 28 heavy (non-hydrogen) atoms. The van der Waals surface area contributed by atoms with Gasteiger partial charge >= 0.3 is 6.03 Å². The van der Waals surface area contributed by atoms with Gasteiger partial charge in [-0.15, -0.1) is 0 Å². The SMILES string of the molecule is Cn1nc2c(c1NC(=O)NCCC1CCN(Cc3ccccc3)CC1)CCC2. The maximum Gasteiger partial charge on any atom is 0.320 e. The predicted octanol–water partition coefficient (Wildman–Crippen LogP) is 3.33. The van der Waals surface area contributed by atoms with E-state index >= 15 is 0 Å². The Hall–Kier alpha value is -2.34. The summed E-state index contributed by atoms with van der Waals surface area (Å²) in [5, 5.41) is 10.5. The van der Waals surface area contributed by atoms with Gasteiger partial charge in [0.15, 0.2) is 0 Å². The summed E-state index contributed by atoms with van der Waals surface area (Å²) in [5.74, 6) is 1.56. The van der Waals surface area contributed by atoms with E-state index in [1.807, 2.05) is 7.05 Å². The minimum absolute atomic E-state index is 0.112. The summed E-state index contributed by atoms with van der Waals surface area (Å²) in [7, 11) is 1.90. The summed E-state index contributed by atoms with van der Waals surface area (Å²) in [5.41, 5.74) is 3.74. The Morgan fingerprint density at radius 2 is 1.96 bits per heavy atom. The molecule has 1 aliphatic carbocycles. The van der Waals surface area contributed by atoms with Crippen LogP contribution in [0.15, 0.2) is 30.3 Å². The number of amides is 2. The van der Waals surface area contributed by atoms with Gasteiger partial charge in [0.2, 0.25) is 0 Å². The lowest BCUT2D eigenvalue weighted by molar-refractivity contribution is 0.172.